The van der Waals surface area contributed by atoms with Crippen LogP contribution in [-0.2, 0) is 57.0 Å². The Morgan fingerprint density at radius 1 is 0.582 bits per heavy atom. The molecule has 6 fully saturated rings. The van der Waals surface area contributed by atoms with Crippen LogP contribution < -0.4 is 4.74 Å². The predicted octanol–water partition coefficient (Wildman–Crippen LogP) is -2.87. The minimum Gasteiger partial charge on any atom is -0.504 e. The third-order valence-corrected chi connectivity index (χ3v) is 15.2. The molecule has 15 N–H and O–H groups in total. The fourth-order valence-electron chi connectivity index (χ4n) is 11.7. The third-order valence-electron chi connectivity index (χ3n) is 15.2. The molecule has 6 bridgehead atoms. The zero-order valence-electron chi connectivity index (χ0n) is 38.8. The summed E-state index contributed by atoms with van der Waals surface area (Å²) in [5.41, 5.74) is -15.4. The number of aliphatic hydroxyl groups excluding tert-OH is 1. The second kappa shape index (κ2) is 15.9. The van der Waals surface area contributed by atoms with Crippen LogP contribution in [0.5, 0.6) is 69.0 Å². The van der Waals surface area contributed by atoms with Gasteiger partial charge in [0.15, 0.2) is 75.8 Å². The van der Waals surface area contributed by atoms with Crippen LogP contribution in [0.25, 0.3) is 11.1 Å². The molecular weight excluding hydrogens is 1080 g/mol. The molecule has 1 aliphatic carbocycles. The van der Waals surface area contributed by atoms with E-state index in [-0.39, 0.29) is 0 Å². The first kappa shape index (κ1) is 50.5. The van der Waals surface area contributed by atoms with Gasteiger partial charge in [-0.25, -0.2) is 24.0 Å². The Bertz CT molecular complexity index is 3530. The highest BCUT2D eigenvalue weighted by molar-refractivity contribution is 6.09. The quantitative estimate of drug-likeness (QED) is 0.0545. The first-order valence-corrected chi connectivity index (χ1v) is 22.8. The van der Waals surface area contributed by atoms with Gasteiger partial charge in [-0.3, -0.25) is 9.59 Å². The molecule has 79 heavy (non-hydrogen) atoms. The number of aliphatic hydroxyl groups is 4. The van der Waals surface area contributed by atoms with Crippen LogP contribution in [0, 0.1) is 5.41 Å². The van der Waals surface area contributed by atoms with Gasteiger partial charge < -0.3 is 124 Å². The molecule has 0 amide bonds. The number of esters is 6. The number of ether oxygens (including phenoxy) is 10. The van der Waals surface area contributed by atoms with E-state index in [0.29, 0.717) is 30.3 Å². The summed E-state index contributed by atoms with van der Waals surface area (Å²) in [5, 5.41) is 167. The lowest BCUT2D eigenvalue weighted by Gasteiger charge is -2.64. The van der Waals surface area contributed by atoms with E-state index in [4.69, 9.17) is 47.4 Å². The standard InChI is InChI=1S/C47H34O32/c48-13-1-9(2-14(49)24(13)55)36(61)77-40-33-32-30(19(72-40)8-70-37(62)10-3-15(50)25(56)28(59)21(10)22-11(38(63)73-32)4-16(51)26(57)29(22)60)75-41(65)43-6-20(54)45(67,79-44(43)42(66)76-35-18(53)7-71-47(35,44)69)46(68)34(43)23-12(39(64)74-33)5-17(52)27(58)31(23)78-46/h1-5,18-19,30,32-35,40,48-53,55-60,67-69H,6-8H2/t18-,19-,30-,32+,33-,34+,35+,40+,43+,44+,45-,46+,47-/m1/s1. The molecule has 8 aliphatic heterocycles. The molecule has 13 rings (SSSR count). The van der Waals surface area contributed by atoms with Gasteiger partial charge in [-0.2, -0.15) is 0 Å². The van der Waals surface area contributed by atoms with Crippen molar-refractivity contribution in [3.8, 4) is 80.1 Å². The summed E-state index contributed by atoms with van der Waals surface area (Å²) in [6.45, 7) is -2.44. The molecular formula is C47H34O32. The van der Waals surface area contributed by atoms with Gasteiger partial charge in [0.05, 0.1) is 34.8 Å². The van der Waals surface area contributed by atoms with E-state index in [1.807, 2.05) is 0 Å². The van der Waals surface area contributed by atoms with Crippen molar-refractivity contribution < 1.29 is 158 Å². The number of fused-ring (bicyclic) bond motifs is 5. The van der Waals surface area contributed by atoms with Crippen molar-refractivity contribution >= 4 is 41.6 Å². The Hall–Kier alpha value is -9.31. The van der Waals surface area contributed by atoms with Gasteiger partial charge in [-0.15, -0.1) is 0 Å². The largest absolute Gasteiger partial charge is 0.504 e. The van der Waals surface area contributed by atoms with Gasteiger partial charge in [0.1, 0.15) is 24.2 Å². The molecule has 414 valence electrons. The number of phenolic OH excluding ortho intramolecular Hbond substituents is 11. The van der Waals surface area contributed by atoms with Crippen LogP contribution in [0.4, 0.5) is 0 Å². The maximum absolute atomic E-state index is 16.2. The van der Waals surface area contributed by atoms with Crippen molar-refractivity contribution in [3.05, 3.63) is 58.1 Å². The van der Waals surface area contributed by atoms with Crippen LogP contribution in [0.3, 0.4) is 0 Å². The predicted molar refractivity (Wildman–Crippen MR) is 232 cm³/mol. The molecule has 4 aromatic carbocycles. The zero-order valence-corrected chi connectivity index (χ0v) is 38.8. The molecule has 2 spiro atoms. The number of cyclic esters (lactones) is 1. The molecule has 8 heterocycles. The van der Waals surface area contributed by atoms with E-state index in [9.17, 15) is 95.8 Å². The Morgan fingerprint density at radius 3 is 1.77 bits per heavy atom. The summed E-state index contributed by atoms with van der Waals surface area (Å²) in [7, 11) is 0. The first-order valence-electron chi connectivity index (χ1n) is 22.8. The first-order chi connectivity index (χ1) is 37.1. The van der Waals surface area contributed by atoms with Crippen molar-refractivity contribution in [1.82, 2.24) is 0 Å². The van der Waals surface area contributed by atoms with Crippen LogP contribution in [0.1, 0.15) is 59.3 Å². The summed E-state index contributed by atoms with van der Waals surface area (Å²) in [5.74, 6) is -43.9. The van der Waals surface area contributed by atoms with Crippen molar-refractivity contribution in [1.29, 1.82) is 0 Å². The van der Waals surface area contributed by atoms with E-state index in [1.54, 1.807) is 0 Å². The maximum Gasteiger partial charge on any atom is 0.346 e. The SMILES string of the molecule is O=C(O[C@@H]1O[C@@H]2COC(=O)c3cc(O)c(O)c(O)c3-c3c(cc(O)c(O)c3O)C(=O)O[C@@H]3[C@H]1OC(=O)c1cc(O)c(O)c4c1[C@@H]1[C@](O)(O4)[C@]4(O)O[C@@]5(C(=O)O[C@H]6[C@H](O)CO[C@]65O)[C@]1(CC4=O)C(=O)O[C@@H]32)c1cc(O)c(O)c(O)c1. The van der Waals surface area contributed by atoms with Gasteiger partial charge in [-0.1, -0.05) is 0 Å². The van der Waals surface area contributed by atoms with Crippen molar-refractivity contribution in [2.75, 3.05) is 13.2 Å². The van der Waals surface area contributed by atoms with E-state index in [1.165, 1.54) is 0 Å². The monoisotopic (exact) mass is 1110 g/mol. The Labute approximate surface area is 433 Å². The van der Waals surface area contributed by atoms with E-state index in [2.05, 4.69) is 0 Å². The number of carbonyl (C=O) groups excluding carboxylic acids is 7. The summed E-state index contributed by atoms with van der Waals surface area (Å²) in [4.78, 5) is 104. The molecule has 0 unspecified atom stereocenters. The molecule has 0 radical (unpaired) electrons. The Balaban J connectivity index is 1.13. The topological polar surface area (TPSA) is 515 Å². The second-order valence-corrected chi connectivity index (χ2v) is 19.2. The van der Waals surface area contributed by atoms with E-state index < -0.39 is 246 Å². The number of phenols is 11. The minimum absolute atomic E-state index is 0.311. The highest BCUT2D eigenvalue weighted by Crippen LogP contribution is 2.76. The van der Waals surface area contributed by atoms with Crippen LogP contribution in [0.15, 0.2) is 30.3 Å². The number of carbonyl (C=O) groups is 7. The lowest BCUT2D eigenvalue weighted by Crippen LogP contribution is -2.88. The molecule has 32 nitrogen and oxygen atoms in total. The fraction of sp³-hybridized carbons (Fsp3) is 0.340. The van der Waals surface area contributed by atoms with Crippen molar-refractivity contribution in [3.63, 3.8) is 0 Å². The molecule has 13 atom stereocenters. The number of ketones is 1. The van der Waals surface area contributed by atoms with E-state index >= 15 is 14.4 Å². The maximum atomic E-state index is 16.2. The second-order valence-electron chi connectivity index (χ2n) is 19.2. The number of hydrogen-bond acceptors (Lipinski definition) is 32. The van der Waals surface area contributed by atoms with E-state index in [0.717, 1.165) is 0 Å². The molecule has 0 aromatic heterocycles. The summed E-state index contributed by atoms with van der Waals surface area (Å²) >= 11 is 0. The average Bonchev–Trinajstić information content (AvgIpc) is 1.67. The Morgan fingerprint density at radius 2 is 1.14 bits per heavy atom. The molecule has 9 aliphatic rings. The van der Waals surface area contributed by atoms with Gasteiger partial charge in [0.25, 0.3) is 11.6 Å². The van der Waals surface area contributed by atoms with Crippen molar-refractivity contribution in [2.24, 2.45) is 5.41 Å². The lowest BCUT2D eigenvalue weighted by atomic mass is 9.47. The number of Topliss-reactive ketones (excluding diaryl/α,β-unsaturated/α-hetero) is 1. The summed E-state index contributed by atoms with van der Waals surface area (Å²) < 4.78 is 57.0. The smallest absolute Gasteiger partial charge is 0.346 e. The van der Waals surface area contributed by atoms with Crippen LogP contribution >= 0.6 is 0 Å². The average molecular weight is 1110 g/mol. The van der Waals surface area contributed by atoms with Crippen LogP contribution in [-0.4, -0.2) is 197 Å². The number of aromatic hydroxyl groups is 11. The van der Waals surface area contributed by atoms with Gasteiger partial charge >= 0.3 is 35.8 Å². The third kappa shape index (κ3) is 6.05. The number of benzene rings is 4. The lowest BCUT2D eigenvalue weighted by molar-refractivity contribution is -0.459. The number of rotatable bonds is 2. The van der Waals surface area contributed by atoms with Gasteiger partial charge in [-0.05, 0) is 30.3 Å². The molecule has 5 saturated heterocycles. The number of hydrogen-bond donors (Lipinski definition) is 15. The fourth-order valence-corrected chi connectivity index (χ4v) is 11.7. The molecule has 32 heteroatoms. The molecule has 1 saturated carbocycles. The minimum atomic E-state index is -4.05. The highest BCUT2D eigenvalue weighted by atomic mass is 16.8. The van der Waals surface area contributed by atoms with Crippen LogP contribution in [0.2, 0.25) is 0 Å². The molecule has 4 aromatic rings. The highest BCUT2D eigenvalue weighted by Gasteiger charge is 2.97. The van der Waals surface area contributed by atoms with Gasteiger partial charge in [0, 0.05) is 23.1 Å². The normalized spacial score (nSPS) is 34.6. The summed E-state index contributed by atoms with van der Waals surface area (Å²) in [6, 6.07) is 2.11. The van der Waals surface area contributed by atoms with Crippen molar-refractivity contribution in [2.45, 2.75) is 78.2 Å². The zero-order chi connectivity index (χ0) is 56.9. The van der Waals surface area contributed by atoms with Gasteiger partial charge in [0.2, 0.25) is 41.0 Å². The summed E-state index contributed by atoms with van der Waals surface area (Å²) in [6.07, 6.45) is -19.5. The Kier molecular flexibility index (Phi) is 10.2.